The molecule has 0 atom stereocenters. The number of aryl methyl sites for hydroxylation is 1. The number of rotatable bonds is 1. The van der Waals surface area contributed by atoms with Crippen LogP contribution in [0.25, 0.3) is 10.1 Å². The number of hydrogen-bond acceptors (Lipinski definition) is 2. The molecule has 0 bridgehead atoms. The van der Waals surface area contributed by atoms with Crippen LogP contribution < -0.4 is 0 Å². The Morgan fingerprint density at radius 1 is 1.50 bits per heavy atom. The molecule has 0 amide bonds. The maximum Gasteiger partial charge on any atom is 0.101 e. The fourth-order valence-corrected chi connectivity index (χ4v) is 2.87. The summed E-state index contributed by atoms with van der Waals surface area (Å²) >= 11 is 7.39. The first-order valence-corrected chi connectivity index (χ1v) is 5.59. The summed E-state index contributed by atoms with van der Waals surface area (Å²) in [6.07, 6.45) is 0. The van der Waals surface area contributed by atoms with Gasteiger partial charge in [-0.1, -0.05) is 12.1 Å². The summed E-state index contributed by atoms with van der Waals surface area (Å²) in [6, 6.07) is 8.33. The molecule has 0 spiro atoms. The zero-order chi connectivity index (χ0) is 10.1. The van der Waals surface area contributed by atoms with Gasteiger partial charge in [-0.2, -0.15) is 5.26 Å². The highest BCUT2D eigenvalue weighted by atomic mass is 35.5. The molecule has 2 aromatic rings. The second-order valence-corrected chi connectivity index (χ2v) is 4.55. The van der Waals surface area contributed by atoms with Gasteiger partial charge in [0.05, 0.1) is 11.4 Å². The normalized spacial score (nSPS) is 10.4. The van der Waals surface area contributed by atoms with Gasteiger partial charge in [0, 0.05) is 15.0 Å². The summed E-state index contributed by atoms with van der Waals surface area (Å²) in [6.45, 7) is 2.05. The Hall–Kier alpha value is -1.04. The van der Waals surface area contributed by atoms with Crippen molar-refractivity contribution in [2.24, 2.45) is 0 Å². The molecule has 0 unspecified atom stereocenters. The Bertz CT molecular complexity index is 522. The Morgan fingerprint density at radius 2 is 2.29 bits per heavy atom. The molecule has 3 heteroatoms. The molecular weight excluding hydrogens is 214 g/mol. The summed E-state index contributed by atoms with van der Waals surface area (Å²) < 4.78 is 1.15. The minimum absolute atomic E-state index is 0.418. The smallest absolute Gasteiger partial charge is 0.101 e. The van der Waals surface area contributed by atoms with E-state index in [-0.39, 0.29) is 0 Å². The lowest BCUT2D eigenvalue weighted by Gasteiger charge is -1.91. The van der Waals surface area contributed by atoms with E-state index in [1.54, 1.807) is 11.3 Å². The van der Waals surface area contributed by atoms with E-state index in [1.165, 1.54) is 5.56 Å². The molecule has 1 nitrogen and oxygen atoms in total. The van der Waals surface area contributed by atoms with E-state index in [9.17, 15) is 0 Å². The van der Waals surface area contributed by atoms with Crippen LogP contribution in [0.5, 0.6) is 0 Å². The molecule has 0 radical (unpaired) electrons. The van der Waals surface area contributed by atoms with E-state index < -0.39 is 0 Å². The zero-order valence-corrected chi connectivity index (χ0v) is 9.25. The predicted octanol–water partition coefficient (Wildman–Crippen LogP) is 3.82. The standard InChI is InChI=1S/C11H8ClNS/c1-7-2-3-8-9(6-13)11(5-12)14-10(8)4-7/h2-4H,5H2,1H3. The Morgan fingerprint density at radius 3 is 2.93 bits per heavy atom. The van der Waals surface area contributed by atoms with Crippen LogP contribution in [0.15, 0.2) is 18.2 Å². The molecule has 0 aliphatic heterocycles. The predicted molar refractivity (Wildman–Crippen MR) is 60.8 cm³/mol. The maximum absolute atomic E-state index is 9.00. The van der Waals surface area contributed by atoms with Crippen molar-refractivity contribution in [1.29, 1.82) is 5.26 Å². The van der Waals surface area contributed by atoms with Crippen molar-refractivity contribution in [3.05, 3.63) is 34.2 Å². The van der Waals surface area contributed by atoms with Crippen LogP contribution in [0.3, 0.4) is 0 Å². The highest BCUT2D eigenvalue weighted by Crippen LogP contribution is 2.32. The highest BCUT2D eigenvalue weighted by molar-refractivity contribution is 7.19. The fourth-order valence-electron chi connectivity index (χ4n) is 1.47. The highest BCUT2D eigenvalue weighted by Gasteiger charge is 2.10. The minimum Gasteiger partial charge on any atom is -0.192 e. The summed E-state index contributed by atoms with van der Waals surface area (Å²) in [5, 5.41) is 10.0. The molecule has 1 aromatic heterocycles. The van der Waals surface area contributed by atoms with Crippen LogP contribution in [-0.4, -0.2) is 0 Å². The Balaban J connectivity index is 2.81. The van der Waals surface area contributed by atoms with Crippen LogP contribution in [0, 0.1) is 18.3 Å². The van der Waals surface area contributed by atoms with Crippen molar-refractivity contribution in [2.75, 3.05) is 0 Å². The number of halogens is 1. The van der Waals surface area contributed by atoms with Crippen molar-refractivity contribution in [3.63, 3.8) is 0 Å². The van der Waals surface area contributed by atoms with Gasteiger partial charge in [-0.3, -0.25) is 0 Å². The van der Waals surface area contributed by atoms with Gasteiger partial charge in [-0.05, 0) is 18.6 Å². The van der Waals surface area contributed by atoms with Crippen molar-refractivity contribution in [1.82, 2.24) is 0 Å². The SMILES string of the molecule is Cc1ccc2c(C#N)c(CCl)sc2c1. The largest absolute Gasteiger partial charge is 0.192 e. The van der Waals surface area contributed by atoms with Gasteiger partial charge in [0.25, 0.3) is 0 Å². The first-order valence-electron chi connectivity index (χ1n) is 4.24. The van der Waals surface area contributed by atoms with Crippen molar-refractivity contribution in [2.45, 2.75) is 12.8 Å². The number of nitriles is 1. The second kappa shape index (κ2) is 3.61. The van der Waals surface area contributed by atoms with E-state index >= 15 is 0 Å². The first kappa shape index (κ1) is 9.51. The monoisotopic (exact) mass is 221 g/mol. The average Bonchev–Trinajstić information content (AvgIpc) is 2.54. The Labute approximate surface area is 91.5 Å². The number of alkyl halides is 1. The van der Waals surface area contributed by atoms with Crippen LogP contribution in [0.2, 0.25) is 0 Å². The lowest BCUT2D eigenvalue weighted by Crippen LogP contribution is -1.76. The fraction of sp³-hybridized carbons (Fsp3) is 0.182. The van der Waals surface area contributed by atoms with Crippen LogP contribution in [-0.2, 0) is 5.88 Å². The van der Waals surface area contributed by atoms with Gasteiger partial charge in [0.1, 0.15) is 6.07 Å². The van der Waals surface area contributed by atoms with Crippen molar-refractivity contribution < 1.29 is 0 Å². The maximum atomic E-state index is 9.00. The molecule has 0 fully saturated rings. The number of thiophene rings is 1. The summed E-state index contributed by atoms with van der Waals surface area (Å²) in [4.78, 5) is 0.967. The summed E-state index contributed by atoms with van der Waals surface area (Å²) in [5.41, 5.74) is 1.95. The topological polar surface area (TPSA) is 23.8 Å². The number of fused-ring (bicyclic) bond motifs is 1. The second-order valence-electron chi connectivity index (χ2n) is 3.15. The number of nitrogens with zero attached hydrogens (tertiary/aromatic N) is 1. The first-order chi connectivity index (χ1) is 6.76. The van der Waals surface area contributed by atoms with Gasteiger partial charge in [-0.25, -0.2) is 0 Å². The summed E-state index contributed by atoms with van der Waals surface area (Å²) in [7, 11) is 0. The average molecular weight is 222 g/mol. The molecule has 70 valence electrons. The molecule has 1 aromatic carbocycles. The van der Waals surface area contributed by atoms with Gasteiger partial charge in [0.2, 0.25) is 0 Å². The van der Waals surface area contributed by atoms with Crippen LogP contribution in [0.1, 0.15) is 16.0 Å². The third-order valence-electron chi connectivity index (χ3n) is 2.15. The molecular formula is C11H8ClNS. The van der Waals surface area contributed by atoms with E-state index in [4.69, 9.17) is 16.9 Å². The van der Waals surface area contributed by atoms with E-state index in [1.807, 2.05) is 19.1 Å². The third-order valence-corrected chi connectivity index (χ3v) is 3.73. The van der Waals surface area contributed by atoms with Gasteiger partial charge in [0.15, 0.2) is 0 Å². The minimum atomic E-state index is 0.418. The molecule has 1 heterocycles. The zero-order valence-electron chi connectivity index (χ0n) is 7.67. The quantitative estimate of drug-likeness (QED) is 0.672. The molecule has 2 rings (SSSR count). The number of hydrogen-bond donors (Lipinski definition) is 0. The lowest BCUT2D eigenvalue weighted by molar-refractivity contribution is 1.45. The van der Waals surface area contributed by atoms with Crippen molar-refractivity contribution in [3.8, 4) is 6.07 Å². The lowest BCUT2D eigenvalue weighted by atomic mass is 10.1. The molecule has 14 heavy (non-hydrogen) atoms. The summed E-state index contributed by atoms with van der Waals surface area (Å²) in [5.74, 6) is 0.418. The molecule has 0 saturated heterocycles. The van der Waals surface area contributed by atoms with Crippen LogP contribution >= 0.6 is 22.9 Å². The number of benzene rings is 1. The Kier molecular flexibility index (Phi) is 2.45. The third kappa shape index (κ3) is 1.39. The molecule has 0 N–H and O–H groups in total. The molecule has 0 aliphatic rings. The van der Waals surface area contributed by atoms with Gasteiger partial charge < -0.3 is 0 Å². The van der Waals surface area contributed by atoms with Gasteiger partial charge >= 0.3 is 0 Å². The van der Waals surface area contributed by atoms with Crippen molar-refractivity contribution >= 4 is 33.0 Å². The van der Waals surface area contributed by atoms with Gasteiger partial charge in [-0.15, -0.1) is 22.9 Å². The van der Waals surface area contributed by atoms with E-state index in [2.05, 4.69) is 12.1 Å². The van der Waals surface area contributed by atoms with E-state index in [0.717, 1.165) is 20.5 Å². The van der Waals surface area contributed by atoms with Crippen LogP contribution in [0.4, 0.5) is 0 Å². The van der Waals surface area contributed by atoms with E-state index in [0.29, 0.717) is 5.88 Å². The molecule has 0 saturated carbocycles. The molecule has 0 aliphatic carbocycles.